The summed E-state index contributed by atoms with van der Waals surface area (Å²) in [5.74, 6) is -0.857. The first-order valence-corrected chi connectivity index (χ1v) is 7.27. The Hall–Kier alpha value is -1.01. The third kappa shape index (κ3) is 3.53. The predicted molar refractivity (Wildman–Crippen MR) is 62.5 cm³/mol. The maximum Gasteiger partial charge on any atom is 0.313 e. The van der Waals surface area contributed by atoms with Gasteiger partial charge in [-0.25, -0.2) is 8.42 Å². The predicted octanol–water partition coefficient (Wildman–Crippen LogP) is 1.66. The van der Waals surface area contributed by atoms with Gasteiger partial charge in [-0.1, -0.05) is 6.92 Å². The van der Waals surface area contributed by atoms with Gasteiger partial charge in [-0.2, -0.15) is 0 Å². The minimum Gasteiger partial charge on any atom is -0.481 e. The highest BCUT2D eigenvalue weighted by molar-refractivity contribution is 8.00. The van der Waals surface area contributed by atoms with Crippen LogP contribution in [0, 0.1) is 0 Å². The van der Waals surface area contributed by atoms with Crippen molar-refractivity contribution in [3.05, 3.63) is 24.3 Å². The van der Waals surface area contributed by atoms with Crippen molar-refractivity contribution in [1.29, 1.82) is 0 Å². The fourth-order valence-electron chi connectivity index (χ4n) is 1.05. The maximum atomic E-state index is 11.5. The normalized spacial score (nSPS) is 11.3. The molecule has 0 aliphatic carbocycles. The van der Waals surface area contributed by atoms with Gasteiger partial charge in [0.05, 0.1) is 16.4 Å². The number of carboxylic acids is 1. The number of hydrogen-bond acceptors (Lipinski definition) is 4. The first kappa shape index (κ1) is 13.1. The van der Waals surface area contributed by atoms with E-state index in [1.807, 2.05) is 0 Å². The molecule has 0 aromatic heterocycles. The largest absolute Gasteiger partial charge is 0.481 e. The highest BCUT2D eigenvalue weighted by Crippen LogP contribution is 2.20. The van der Waals surface area contributed by atoms with E-state index in [1.54, 1.807) is 19.1 Å². The van der Waals surface area contributed by atoms with E-state index < -0.39 is 15.8 Å². The molecule has 0 saturated heterocycles. The van der Waals surface area contributed by atoms with Crippen LogP contribution >= 0.6 is 11.8 Å². The van der Waals surface area contributed by atoms with E-state index >= 15 is 0 Å². The summed E-state index contributed by atoms with van der Waals surface area (Å²) in [6.07, 6.45) is 0. The first-order valence-electron chi connectivity index (χ1n) is 4.63. The maximum absolute atomic E-state index is 11.5. The van der Waals surface area contributed by atoms with E-state index in [1.165, 1.54) is 12.1 Å². The number of carbonyl (C=O) groups is 1. The molecule has 0 amide bonds. The molecular formula is C10H12O4S2. The number of benzene rings is 1. The second kappa shape index (κ2) is 5.36. The van der Waals surface area contributed by atoms with Crippen LogP contribution in [-0.4, -0.2) is 31.0 Å². The summed E-state index contributed by atoms with van der Waals surface area (Å²) in [7, 11) is -3.17. The summed E-state index contributed by atoms with van der Waals surface area (Å²) in [5, 5.41) is 8.48. The molecule has 0 unspecified atom stereocenters. The third-order valence-corrected chi connectivity index (χ3v) is 4.67. The number of rotatable bonds is 5. The van der Waals surface area contributed by atoms with Crippen molar-refractivity contribution in [2.24, 2.45) is 0 Å². The molecule has 0 spiro atoms. The second-order valence-corrected chi connectivity index (χ2v) is 6.38. The molecule has 0 aliphatic rings. The molecule has 1 N–H and O–H groups in total. The smallest absolute Gasteiger partial charge is 0.313 e. The third-order valence-electron chi connectivity index (χ3n) is 1.93. The number of aliphatic carboxylic acids is 1. The van der Waals surface area contributed by atoms with Gasteiger partial charge in [-0.15, -0.1) is 11.8 Å². The van der Waals surface area contributed by atoms with Gasteiger partial charge in [0.1, 0.15) is 0 Å². The Morgan fingerprint density at radius 1 is 1.31 bits per heavy atom. The summed E-state index contributed by atoms with van der Waals surface area (Å²) in [5.41, 5.74) is 0. The van der Waals surface area contributed by atoms with Crippen molar-refractivity contribution < 1.29 is 18.3 Å². The van der Waals surface area contributed by atoms with Crippen LogP contribution < -0.4 is 0 Å². The Morgan fingerprint density at radius 2 is 1.88 bits per heavy atom. The molecular weight excluding hydrogens is 248 g/mol. The van der Waals surface area contributed by atoms with Gasteiger partial charge >= 0.3 is 5.97 Å². The van der Waals surface area contributed by atoms with E-state index in [9.17, 15) is 13.2 Å². The molecule has 0 radical (unpaired) electrons. The van der Waals surface area contributed by atoms with Crippen LogP contribution in [0.15, 0.2) is 34.1 Å². The standard InChI is InChI=1S/C10H12O4S2/c1-2-16(13,14)9-5-3-8(4-6-9)15-7-10(11)12/h3-6H,2,7H2,1H3,(H,11,12). The fourth-order valence-corrected chi connectivity index (χ4v) is 2.56. The minimum atomic E-state index is -3.17. The van der Waals surface area contributed by atoms with Crippen molar-refractivity contribution in [2.75, 3.05) is 11.5 Å². The quantitative estimate of drug-likeness (QED) is 0.815. The molecule has 0 aliphatic heterocycles. The van der Waals surface area contributed by atoms with Crippen LogP contribution in [-0.2, 0) is 14.6 Å². The molecule has 1 rings (SSSR count). The molecule has 0 atom stereocenters. The lowest BCUT2D eigenvalue weighted by Crippen LogP contribution is -2.03. The summed E-state index contributed by atoms with van der Waals surface area (Å²) >= 11 is 1.16. The minimum absolute atomic E-state index is 0.0279. The SMILES string of the molecule is CCS(=O)(=O)c1ccc(SCC(=O)O)cc1. The van der Waals surface area contributed by atoms with Gasteiger partial charge in [-0.3, -0.25) is 4.79 Å². The van der Waals surface area contributed by atoms with E-state index in [2.05, 4.69) is 0 Å². The highest BCUT2D eigenvalue weighted by atomic mass is 32.2. The van der Waals surface area contributed by atoms with Gasteiger partial charge in [0, 0.05) is 4.90 Å². The summed E-state index contributed by atoms with van der Waals surface area (Å²) in [6, 6.07) is 6.25. The lowest BCUT2D eigenvalue weighted by Gasteiger charge is -2.02. The van der Waals surface area contributed by atoms with E-state index in [4.69, 9.17) is 5.11 Å². The van der Waals surface area contributed by atoms with Crippen molar-refractivity contribution in [1.82, 2.24) is 0 Å². The fraction of sp³-hybridized carbons (Fsp3) is 0.300. The van der Waals surface area contributed by atoms with E-state index in [-0.39, 0.29) is 16.4 Å². The van der Waals surface area contributed by atoms with Crippen molar-refractivity contribution >= 4 is 27.6 Å². The molecule has 88 valence electrons. The lowest BCUT2D eigenvalue weighted by molar-refractivity contribution is -0.133. The lowest BCUT2D eigenvalue weighted by atomic mass is 10.4. The van der Waals surface area contributed by atoms with Gasteiger partial charge in [-0.05, 0) is 24.3 Å². The monoisotopic (exact) mass is 260 g/mol. The van der Waals surface area contributed by atoms with Crippen LogP contribution in [0.1, 0.15) is 6.92 Å². The topological polar surface area (TPSA) is 71.4 Å². The average Bonchev–Trinajstić information content (AvgIpc) is 2.27. The Bertz CT molecular complexity index is 462. The van der Waals surface area contributed by atoms with Crippen LogP contribution in [0.25, 0.3) is 0 Å². The number of hydrogen-bond donors (Lipinski definition) is 1. The van der Waals surface area contributed by atoms with Gasteiger partial charge in [0.15, 0.2) is 9.84 Å². The van der Waals surface area contributed by atoms with E-state index in [0.717, 1.165) is 16.7 Å². The molecule has 0 heterocycles. The zero-order chi connectivity index (χ0) is 12.2. The number of sulfone groups is 1. The van der Waals surface area contributed by atoms with E-state index in [0.29, 0.717) is 0 Å². The molecule has 4 nitrogen and oxygen atoms in total. The average molecular weight is 260 g/mol. The Kier molecular flexibility index (Phi) is 4.37. The van der Waals surface area contributed by atoms with Gasteiger partial charge in [0.25, 0.3) is 0 Å². The van der Waals surface area contributed by atoms with Crippen LogP contribution in [0.5, 0.6) is 0 Å². The van der Waals surface area contributed by atoms with Crippen LogP contribution in [0.4, 0.5) is 0 Å². The number of thioether (sulfide) groups is 1. The first-order chi connectivity index (χ1) is 7.45. The summed E-state index contributed by atoms with van der Waals surface area (Å²) < 4.78 is 23.0. The molecule has 0 fully saturated rings. The molecule has 0 saturated carbocycles. The van der Waals surface area contributed by atoms with Crippen LogP contribution in [0.3, 0.4) is 0 Å². The highest BCUT2D eigenvalue weighted by Gasteiger charge is 2.10. The summed E-state index contributed by atoms with van der Waals surface area (Å²) in [6.45, 7) is 1.59. The molecule has 0 bridgehead atoms. The molecule has 1 aromatic carbocycles. The molecule has 1 aromatic rings. The second-order valence-electron chi connectivity index (χ2n) is 3.06. The Morgan fingerprint density at radius 3 is 2.31 bits per heavy atom. The Labute approximate surface area is 98.6 Å². The number of carboxylic acid groups (broad SMARTS) is 1. The van der Waals surface area contributed by atoms with Crippen molar-refractivity contribution in [3.8, 4) is 0 Å². The van der Waals surface area contributed by atoms with Crippen LogP contribution in [0.2, 0.25) is 0 Å². The molecule has 16 heavy (non-hydrogen) atoms. The zero-order valence-corrected chi connectivity index (χ0v) is 10.3. The van der Waals surface area contributed by atoms with Crippen molar-refractivity contribution in [2.45, 2.75) is 16.7 Å². The summed E-state index contributed by atoms with van der Waals surface area (Å²) in [4.78, 5) is 11.3. The Balaban J connectivity index is 2.80. The van der Waals surface area contributed by atoms with Gasteiger partial charge in [0.2, 0.25) is 0 Å². The molecule has 6 heteroatoms. The van der Waals surface area contributed by atoms with Gasteiger partial charge < -0.3 is 5.11 Å². The zero-order valence-electron chi connectivity index (χ0n) is 8.71. The van der Waals surface area contributed by atoms with Crippen molar-refractivity contribution in [3.63, 3.8) is 0 Å².